The number of anilines is 2. The average molecular weight is 482 g/mol. The van der Waals surface area contributed by atoms with Gasteiger partial charge in [0.1, 0.15) is 23.0 Å². The number of aliphatic hydroxyl groups is 1. The molecule has 0 amide bonds. The Kier molecular flexibility index (Phi) is 5.01. The van der Waals surface area contributed by atoms with Crippen LogP contribution in [0.1, 0.15) is 31.6 Å². The van der Waals surface area contributed by atoms with Crippen LogP contribution in [0.5, 0.6) is 11.8 Å². The zero-order chi connectivity index (χ0) is 24.4. The smallest absolute Gasteiger partial charge is 0.326 e. The minimum atomic E-state index is -1.05. The molecule has 4 aromatic rings. The minimum Gasteiger partial charge on any atom is -0.422 e. The van der Waals surface area contributed by atoms with Gasteiger partial charge in [-0.1, -0.05) is 0 Å². The highest BCUT2D eigenvalue weighted by molar-refractivity contribution is 6.14. The maximum atomic E-state index is 14.5. The molecule has 11 heteroatoms. The van der Waals surface area contributed by atoms with Gasteiger partial charge in [-0.05, 0) is 37.8 Å². The van der Waals surface area contributed by atoms with Crippen molar-refractivity contribution in [3.05, 3.63) is 41.7 Å². The molecule has 35 heavy (non-hydrogen) atoms. The number of aromatic nitrogens is 4. The number of aliphatic hydroxyl groups excluding tert-OH is 1. The van der Waals surface area contributed by atoms with E-state index in [-0.39, 0.29) is 35.4 Å². The van der Waals surface area contributed by atoms with Gasteiger partial charge in [0, 0.05) is 37.1 Å². The van der Waals surface area contributed by atoms with Gasteiger partial charge in [-0.25, -0.2) is 8.78 Å². The Balaban J connectivity index is 1.50. The number of piperidine rings is 1. The SMILES string of the molecule is CNc1cc(F)cc2c1[nH]c1nc(Oc3cnc(C(C)O)c(F)c3)nc(N3C[C@H]4C[C@@H]3C[C@H]4N)c12. The fraction of sp³-hybridized carbons (Fsp3) is 0.375. The van der Waals surface area contributed by atoms with Crippen LogP contribution in [0.4, 0.5) is 20.3 Å². The second-order valence-corrected chi connectivity index (χ2v) is 9.32. The number of nitrogens with two attached hydrogens (primary N) is 1. The van der Waals surface area contributed by atoms with Crippen LogP contribution in [0.25, 0.3) is 21.9 Å². The Morgan fingerprint density at radius 1 is 1.26 bits per heavy atom. The third-order valence-corrected chi connectivity index (χ3v) is 7.07. The van der Waals surface area contributed by atoms with Crippen LogP contribution >= 0.6 is 0 Å². The van der Waals surface area contributed by atoms with E-state index in [4.69, 9.17) is 15.5 Å². The molecule has 1 saturated heterocycles. The van der Waals surface area contributed by atoms with Gasteiger partial charge in [-0.2, -0.15) is 9.97 Å². The zero-order valence-corrected chi connectivity index (χ0v) is 19.2. The molecule has 1 unspecified atom stereocenters. The monoisotopic (exact) mass is 481 g/mol. The van der Waals surface area contributed by atoms with Gasteiger partial charge in [0.05, 0.1) is 28.9 Å². The van der Waals surface area contributed by atoms with E-state index in [0.29, 0.717) is 39.4 Å². The van der Waals surface area contributed by atoms with Crippen molar-refractivity contribution in [2.24, 2.45) is 11.7 Å². The summed E-state index contributed by atoms with van der Waals surface area (Å²) in [6.07, 6.45) is 2.08. The number of halogens is 2. The highest BCUT2D eigenvalue weighted by Crippen LogP contribution is 2.44. The predicted octanol–water partition coefficient (Wildman–Crippen LogP) is 3.60. The van der Waals surface area contributed by atoms with Gasteiger partial charge < -0.3 is 30.8 Å². The van der Waals surface area contributed by atoms with E-state index in [0.717, 1.165) is 25.5 Å². The number of aromatic amines is 1. The first-order chi connectivity index (χ1) is 16.8. The molecule has 2 aliphatic rings. The topological polar surface area (TPSA) is 125 Å². The quantitative estimate of drug-likeness (QED) is 0.341. The molecule has 9 nitrogen and oxygen atoms in total. The minimum absolute atomic E-state index is 0.00334. The van der Waals surface area contributed by atoms with Crippen molar-refractivity contribution in [3.8, 4) is 11.8 Å². The first kappa shape index (κ1) is 21.9. The summed E-state index contributed by atoms with van der Waals surface area (Å²) >= 11 is 0. The first-order valence-electron chi connectivity index (χ1n) is 11.6. The third-order valence-electron chi connectivity index (χ3n) is 7.07. The van der Waals surface area contributed by atoms with Gasteiger partial charge in [-0.15, -0.1) is 0 Å². The van der Waals surface area contributed by atoms with Gasteiger partial charge in [-0.3, -0.25) is 4.98 Å². The summed E-state index contributed by atoms with van der Waals surface area (Å²) in [7, 11) is 1.72. The summed E-state index contributed by atoms with van der Waals surface area (Å²) in [5.74, 6) is 0.0104. The number of benzene rings is 1. The largest absolute Gasteiger partial charge is 0.422 e. The van der Waals surface area contributed by atoms with Crippen LogP contribution in [-0.4, -0.2) is 50.7 Å². The number of hydrogen-bond acceptors (Lipinski definition) is 8. The first-order valence-corrected chi connectivity index (χ1v) is 11.6. The Bertz CT molecular complexity index is 1460. The van der Waals surface area contributed by atoms with Crippen molar-refractivity contribution >= 4 is 33.4 Å². The van der Waals surface area contributed by atoms with Crippen molar-refractivity contribution in [1.29, 1.82) is 0 Å². The number of nitrogens with one attached hydrogen (secondary N) is 2. The van der Waals surface area contributed by atoms with E-state index in [1.54, 1.807) is 7.05 Å². The lowest BCUT2D eigenvalue weighted by Crippen LogP contribution is -2.41. The van der Waals surface area contributed by atoms with E-state index in [9.17, 15) is 13.9 Å². The normalized spacial score (nSPS) is 22.3. The molecule has 4 atom stereocenters. The van der Waals surface area contributed by atoms with Crippen LogP contribution in [0.2, 0.25) is 0 Å². The van der Waals surface area contributed by atoms with E-state index < -0.39 is 11.9 Å². The predicted molar refractivity (Wildman–Crippen MR) is 128 cm³/mol. The number of hydrogen-bond donors (Lipinski definition) is 4. The highest BCUT2D eigenvalue weighted by atomic mass is 19.1. The standard InChI is InChI=1S/C24H25F2N7O2/c1-10(34)20-16(26)7-14(8-29-20)35-24-31-22-19(15-4-12(25)5-18(28-2)21(15)30-22)23(32-24)33-9-11-3-13(33)6-17(11)27/h4-5,7-8,10-11,13,17,28,34H,3,6,9,27H2,1-2H3,(H,30,31,32)/t10?,11-,13-,17-/m1/s1. The molecule has 1 aliphatic carbocycles. The van der Waals surface area contributed by atoms with E-state index in [1.165, 1.54) is 25.3 Å². The molecule has 1 saturated carbocycles. The summed E-state index contributed by atoms with van der Waals surface area (Å²) in [4.78, 5) is 18.6. The van der Waals surface area contributed by atoms with Gasteiger partial charge in [0.25, 0.3) is 0 Å². The van der Waals surface area contributed by atoms with Crippen molar-refractivity contribution in [1.82, 2.24) is 19.9 Å². The molecule has 4 heterocycles. The Labute approximate surface area is 199 Å². The number of H-pyrrole nitrogens is 1. The lowest BCUT2D eigenvalue weighted by molar-refractivity contribution is 0.188. The van der Waals surface area contributed by atoms with Crippen molar-refractivity contribution in [2.75, 3.05) is 23.8 Å². The molecular formula is C24H25F2N7O2. The van der Waals surface area contributed by atoms with Crippen LogP contribution < -0.4 is 20.7 Å². The molecule has 1 aromatic carbocycles. The van der Waals surface area contributed by atoms with Gasteiger partial charge >= 0.3 is 6.01 Å². The second-order valence-electron chi connectivity index (χ2n) is 9.32. The highest BCUT2D eigenvalue weighted by Gasteiger charge is 2.44. The number of fused-ring (bicyclic) bond motifs is 5. The lowest BCUT2D eigenvalue weighted by atomic mass is 10.0. The molecule has 0 radical (unpaired) electrons. The van der Waals surface area contributed by atoms with E-state index in [2.05, 4.69) is 25.2 Å². The molecule has 2 bridgehead atoms. The maximum absolute atomic E-state index is 14.5. The number of ether oxygens (including phenoxy) is 1. The summed E-state index contributed by atoms with van der Waals surface area (Å²) in [5.41, 5.74) is 7.97. The molecule has 3 aromatic heterocycles. The van der Waals surface area contributed by atoms with Crippen LogP contribution in [0.3, 0.4) is 0 Å². The molecular weight excluding hydrogens is 456 g/mol. The summed E-state index contributed by atoms with van der Waals surface area (Å²) in [6, 6.07) is 4.39. The van der Waals surface area contributed by atoms with Crippen molar-refractivity contribution < 1.29 is 18.6 Å². The van der Waals surface area contributed by atoms with Crippen LogP contribution in [0, 0.1) is 17.6 Å². The molecule has 6 rings (SSSR count). The van der Waals surface area contributed by atoms with Crippen molar-refractivity contribution in [2.45, 2.75) is 38.0 Å². The third kappa shape index (κ3) is 3.53. The van der Waals surface area contributed by atoms with E-state index in [1.807, 2.05) is 0 Å². The molecule has 0 spiro atoms. The Morgan fingerprint density at radius 3 is 2.74 bits per heavy atom. The van der Waals surface area contributed by atoms with Crippen LogP contribution in [0.15, 0.2) is 24.4 Å². The Morgan fingerprint density at radius 2 is 2.09 bits per heavy atom. The summed E-state index contributed by atoms with van der Waals surface area (Å²) in [6.45, 7) is 2.17. The number of rotatable bonds is 5. The summed E-state index contributed by atoms with van der Waals surface area (Å²) < 4.78 is 34.7. The lowest BCUT2D eigenvalue weighted by Gasteiger charge is -2.31. The van der Waals surface area contributed by atoms with Crippen molar-refractivity contribution in [3.63, 3.8) is 0 Å². The number of nitrogens with zero attached hydrogens (tertiary/aromatic N) is 4. The molecule has 1 aliphatic heterocycles. The fourth-order valence-corrected chi connectivity index (χ4v) is 5.43. The average Bonchev–Trinajstić information content (AvgIpc) is 3.49. The fourth-order valence-electron chi connectivity index (χ4n) is 5.43. The molecule has 182 valence electrons. The van der Waals surface area contributed by atoms with E-state index >= 15 is 0 Å². The Hall–Kier alpha value is -3.57. The van der Waals surface area contributed by atoms with Gasteiger partial charge in [0.15, 0.2) is 11.6 Å². The van der Waals surface area contributed by atoms with Gasteiger partial charge in [0.2, 0.25) is 0 Å². The maximum Gasteiger partial charge on any atom is 0.326 e. The van der Waals surface area contributed by atoms with Crippen LogP contribution in [-0.2, 0) is 0 Å². The molecule has 2 fully saturated rings. The molecule has 5 N–H and O–H groups in total. The zero-order valence-electron chi connectivity index (χ0n) is 19.2. The summed E-state index contributed by atoms with van der Waals surface area (Å²) in [5, 5.41) is 14.0. The number of pyridine rings is 1. The second kappa shape index (κ2) is 7.99.